The zero-order valence-corrected chi connectivity index (χ0v) is 26.8. The normalized spacial score (nSPS) is 8.76. The van der Waals surface area contributed by atoms with E-state index in [1.807, 2.05) is 76.2 Å². The molecule has 1 aliphatic rings. The van der Waals surface area contributed by atoms with Crippen molar-refractivity contribution in [1.29, 1.82) is 0 Å². The van der Waals surface area contributed by atoms with Crippen LogP contribution in [-0.4, -0.2) is 0 Å². The van der Waals surface area contributed by atoms with Crippen LogP contribution in [0.2, 0.25) is 0 Å². The molecule has 4 aromatic rings. The van der Waals surface area contributed by atoms with Crippen molar-refractivity contribution in [2.45, 2.75) is 82.1 Å². The summed E-state index contributed by atoms with van der Waals surface area (Å²) in [4.78, 5) is 0. The van der Waals surface area contributed by atoms with Gasteiger partial charge in [0.05, 0.1) is 0 Å². The Morgan fingerprint density at radius 2 is 0.811 bits per heavy atom. The predicted octanol–water partition coefficient (Wildman–Crippen LogP) is 11.7. The minimum Gasteiger partial charge on any atom is -0.226 e. The van der Waals surface area contributed by atoms with Crippen LogP contribution in [0.1, 0.15) is 86.8 Å². The molecule has 4 aromatic carbocycles. The molecule has 0 aliphatic heterocycles. The van der Waals surface area contributed by atoms with Gasteiger partial charge in [0, 0.05) is 32.7 Å². The van der Waals surface area contributed by atoms with Crippen LogP contribution in [0.3, 0.4) is 0 Å². The van der Waals surface area contributed by atoms with Crippen LogP contribution in [0.5, 0.6) is 0 Å². The SMILES string of the molecule is C.CC.CC.CCC.CCC.[Y].[c-]1ccccc1-c1[c-]cccc1.c1ccc2c(c1)Cc1ccccc1-2. The fourth-order valence-electron chi connectivity index (χ4n) is 3.20. The van der Waals surface area contributed by atoms with E-state index in [0.717, 1.165) is 17.5 Å². The van der Waals surface area contributed by atoms with Gasteiger partial charge in [0.2, 0.25) is 0 Å². The summed E-state index contributed by atoms with van der Waals surface area (Å²) in [6, 6.07) is 39.5. The van der Waals surface area contributed by atoms with Crippen molar-refractivity contribution in [3.05, 3.63) is 120 Å². The van der Waals surface area contributed by atoms with Crippen LogP contribution in [0.15, 0.2) is 97.1 Å². The molecule has 1 radical (unpaired) electrons. The molecule has 0 atom stereocenters. The monoisotopic (exact) mass is 571 g/mol. The zero-order valence-electron chi connectivity index (χ0n) is 23.9. The molecule has 0 saturated carbocycles. The minimum absolute atomic E-state index is 0. The van der Waals surface area contributed by atoms with Gasteiger partial charge in [-0.25, -0.2) is 11.1 Å². The average molecular weight is 572 g/mol. The molecule has 37 heavy (non-hydrogen) atoms. The third-order valence-electron chi connectivity index (χ3n) is 4.41. The Hall–Kier alpha value is -2.02. The second-order valence-corrected chi connectivity index (χ2v) is 7.46. The molecule has 0 N–H and O–H groups in total. The summed E-state index contributed by atoms with van der Waals surface area (Å²) in [5.41, 5.74) is 7.94. The van der Waals surface area contributed by atoms with Gasteiger partial charge >= 0.3 is 0 Å². The second kappa shape index (κ2) is 27.0. The second-order valence-electron chi connectivity index (χ2n) is 7.46. The van der Waals surface area contributed by atoms with E-state index >= 15 is 0 Å². The molecule has 0 amide bonds. The van der Waals surface area contributed by atoms with Crippen molar-refractivity contribution < 1.29 is 32.7 Å². The summed E-state index contributed by atoms with van der Waals surface area (Å²) >= 11 is 0. The van der Waals surface area contributed by atoms with E-state index in [2.05, 4.69) is 88.4 Å². The standard InChI is InChI=1S/C13H10.C12H8.2C3H8.2C2H6.CH4.Y/c1-3-7-12-10(5-1)9-11-6-2-4-8-13(11)12;1-3-7-11(8-4-1)12-9-5-2-6-10-12;2*1-3-2;2*1-2;;/h1-8H,9H2;1-7,9H;2*3H2,1-2H3;2*1-2H3;1H4;/q;-2;;;;;;. The van der Waals surface area contributed by atoms with Crippen molar-refractivity contribution in [3.8, 4) is 22.3 Å². The molecule has 0 saturated heterocycles. The average Bonchev–Trinajstić information content (AvgIpc) is 3.32. The van der Waals surface area contributed by atoms with Crippen LogP contribution in [0, 0.1) is 12.1 Å². The maximum atomic E-state index is 3.15. The Bertz CT molecular complexity index is 908. The summed E-state index contributed by atoms with van der Waals surface area (Å²) in [5, 5.41) is 0. The smallest absolute Gasteiger partial charge is 0 e. The molecule has 5 rings (SSSR count). The summed E-state index contributed by atoms with van der Waals surface area (Å²) in [7, 11) is 0. The number of benzene rings is 4. The largest absolute Gasteiger partial charge is 0.226 e. The number of fused-ring (bicyclic) bond motifs is 3. The Labute approximate surface area is 255 Å². The van der Waals surface area contributed by atoms with Crippen molar-refractivity contribution in [3.63, 3.8) is 0 Å². The fourth-order valence-corrected chi connectivity index (χ4v) is 3.20. The molecule has 0 nitrogen and oxygen atoms in total. The van der Waals surface area contributed by atoms with Crippen molar-refractivity contribution in [1.82, 2.24) is 0 Å². The van der Waals surface area contributed by atoms with Crippen LogP contribution >= 0.6 is 0 Å². The molecule has 0 bridgehead atoms. The topological polar surface area (TPSA) is 0 Å². The van der Waals surface area contributed by atoms with Crippen LogP contribution in [0.4, 0.5) is 0 Å². The molecule has 0 fully saturated rings. The summed E-state index contributed by atoms with van der Waals surface area (Å²) in [5.74, 6) is 0. The summed E-state index contributed by atoms with van der Waals surface area (Å²) in [6.07, 6.45) is 3.60. The van der Waals surface area contributed by atoms with Gasteiger partial charge in [0.25, 0.3) is 0 Å². The molecule has 0 spiro atoms. The van der Waals surface area contributed by atoms with Gasteiger partial charge in [0.15, 0.2) is 0 Å². The molecule has 0 unspecified atom stereocenters. The molecule has 1 heteroatoms. The quantitative estimate of drug-likeness (QED) is 0.176. The third kappa shape index (κ3) is 15.1. The van der Waals surface area contributed by atoms with Gasteiger partial charge in [0.1, 0.15) is 0 Å². The fraction of sp³-hybridized carbons (Fsp3) is 0.333. The molecular formula is C36H50Y-2. The Balaban J connectivity index is -0.000000449. The molecule has 199 valence electrons. The van der Waals surface area contributed by atoms with E-state index in [1.165, 1.54) is 35.1 Å². The van der Waals surface area contributed by atoms with Gasteiger partial charge in [-0.1, -0.05) is 124 Å². The van der Waals surface area contributed by atoms with E-state index in [4.69, 9.17) is 0 Å². The van der Waals surface area contributed by atoms with E-state index in [0.29, 0.717) is 0 Å². The van der Waals surface area contributed by atoms with Gasteiger partial charge in [-0.2, -0.15) is 48.5 Å². The van der Waals surface area contributed by atoms with Crippen LogP contribution in [-0.2, 0) is 39.1 Å². The summed E-state index contributed by atoms with van der Waals surface area (Å²) < 4.78 is 0. The van der Waals surface area contributed by atoms with Gasteiger partial charge in [-0.05, 0) is 28.7 Å². The maximum absolute atomic E-state index is 3.15. The Kier molecular flexibility index (Phi) is 28.9. The first-order chi connectivity index (χ1) is 17.2. The van der Waals surface area contributed by atoms with E-state index in [9.17, 15) is 0 Å². The molecule has 1 aliphatic carbocycles. The van der Waals surface area contributed by atoms with E-state index in [1.54, 1.807) is 0 Å². The van der Waals surface area contributed by atoms with E-state index < -0.39 is 0 Å². The van der Waals surface area contributed by atoms with Crippen molar-refractivity contribution in [2.75, 3.05) is 0 Å². The predicted molar refractivity (Wildman–Crippen MR) is 166 cm³/mol. The first-order valence-electron chi connectivity index (χ1n) is 13.3. The van der Waals surface area contributed by atoms with Crippen molar-refractivity contribution in [2.24, 2.45) is 0 Å². The first-order valence-corrected chi connectivity index (χ1v) is 13.3. The summed E-state index contributed by atoms with van der Waals surface area (Å²) in [6.45, 7) is 16.5. The van der Waals surface area contributed by atoms with Gasteiger partial charge in [-0.15, -0.1) is 12.1 Å². The van der Waals surface area contributed by atoms with Crippen molar-refractivity contribution >= 4 is 0 Å². The van der Waals surface area contributed by atoms with Crippen LogP contribution in [0.25, 0.3) is 22.3 Å². The molecular weight excluding hydrogens is 521 g/mol. The van der Waals surface area contributed by atoms with E-state index in [-0.39, 0.29) is 40.1 Å². The first kappa shape index (κ1) is 39.5. The van der Waals surface area contributed by atoms with Crippen LogP contribution < -0.4 is 0 Å². The van der Waals surface area contributed by atoms with Gasteiger partial charge < -0.3 is 0 Å². The minimum atomic E-state index is 0. The third-order valence-corrected chi connectivity index (χ3v) is 4.41. The maximum Gasteiger partial charge on any atom is 0 e. The Morgan fingerprint density at radius 3 is 1.11 bits per heavy atom. The molecule has 0 heterocycles. The van der Waals surface area contributed by atoms with Gasteiger partial charge in [-0.3, -0.25) is 0 Å². The Morgan fingerprint density at radius 1 is 0.514 bits per heavy atom. The number of hydrogen-bond donors (Lipinski definition) is 0. The molecule has 0 aromatic heterocycles. The number of hydrogen-bond acceptors (Lipinski definition) is 0. The zero-order chi connectivity index (χ0) is 26.3. The number of rotatable bonds is 1.